The van der Waals surface area contributed by atoms with Gasteiger partial charge in [-0.05, 0) is 68.2 Å². The molecular weight excluding hydrogens is 386 g/mol. The van der Waals surface area contributed by atoms with Crippen molar-refractivity contribution >= 4 is 15.9 Å². The molecule has 1 fully saturated rings. The van der Waals surface area contributed by atoms with Gasteiger partial charge in [0.05, 0.1) is 31.1 Å². The smallest absolute Gasteiger partial charge is 0.275 e. The summed E-state index contributed by atoms with van der Waals surface area (Å²) in [4.78, 5) is 13.9. The summed E-state index contributed by atoms with van der Waals surface area (Å²) >= 11 is 0. The SMILES string of the molecule is CC(C)CC[C@@H](C)NC(=O)C[NH+]1CCN(S(=O)(=O)c2ccc3c(c2)CCC3)CC1. The number of fused-ring (bicyclic) bond motifs is 1. The highest BCUT2D eigenvalue weighted by Gasteiger charge is 2.31. The number of aryl methyl sites for hydroxylation is 2. The quantitative estimate of drug-likeness (QED) is 0.657. The number of carbonyl (C=O) groups excluding carboxylic acids is 1. The number of piperazine rings is 1. The monoisotopic (exact) mass is 422 g/mol. The minimum atomic E-state index is -3.45. The summed E-state index contributed by atoms with van der Waals surface area (Å²) < 4.78 is 27.6. The van der Waals surface area contributed by atoms with Gasteiger partial charge in [-0.25, -0.2) is 8.42 Å². The predicted octanol–water partition coefficient (Wildman–Crippen LogP) is 1.01. The molecule has 1 saturated heterocycles. The lowest BCUT2D eigenvalue weighted by atomic mass is 10.0. The molecule has 0 radical (unpaired) electrons. The molecule has 1 aliphatic carbocycles. The molecule has 1 aromatic rings. The molecule has 3 rings (SSSR count). The van der Waals surface area contributed by atoms with E-state index in [0.29, 0.717) is 43.5 Å². The fourth-order valence-electron chi connectivity index (χ4n) is 4.29. The van der Waals surface area contributed by atoms with Gasteiger partial charge in [0.15, 0.2) is 6.54 Å². The summed E-state index contributed by atoms with van der Waals surface area (Å²) in [5.74, 6) is 0.701. The summed E-state index contributed by atoms with van der Waals surface area (Å²) in [7, 11) is -3.45. The van der Waals surface area contributed by atoms with Crippen LogP contribution >= 0.6 is 0 Å². The van der Waals surface area contributed by atoms with E-state index in [0.717, 1.165) is 37.0 Å². The van der Waals surface area contributed by atoms with Crippen LogP contribution in [0.1, 0.15) is 51.2 Å². The third-order valence-electron chi connectivity index (χ3n) is 6.13. The highest BCUT2D eigenvalue weighted by atomic mass is 32.2. The van der Waals surface area contributed by atoms with E-state index >= 15 is 0 Å². The van der Waals surface area contributed by atoms with Crippen molar-refractivity contribution in [1.82, 2.24) is 9.62 Å². The molecule has 2 N–H and O–H groups in total. The summed E-state index contributed by atoms with van der Waals surface area (Å²) in [6, 6.07) is 5.78. The molecule has 2 aliphatic rings. The Hall–Kier alpha value is -1.44. The standard InChI is InChI=1S/C22H35N3O3S/c1-17(2)7-8-18(3)23-22(26)16-24-11-13-25(14-12-24)29(27,28)21-10-9-19-5-4-6-20(19)15-21/h9-10,15,17-18H,4-8,11-14,16H2,1-3H3,(H,23,26)/p+1/t18-/m1/s1. The Morgan fingerprint density at radius 2 is 1.79 bits per heavy atom. The van der Waals surface area contributed by atoms with Crippen molar-refractivity contribution in [3.63, 3.8) is 0 Å². The molecule has 1 heterocycles. The van der Waals surface area contributed by atoms with Gasteiger partial charge in [-0.3, -0.25) is 4.79 Å². The lowest BCUT2D eigenvalue weighted by Gasteiger charge is -2.31. The Balaban J connectivity index is 1.49. The zero-order valence-corrected chi connectivity index (χ0v) is 18.9. The number of hydrogen-bond acceptors (Lipinski definition) is 3. The predicted molar refractivity (Wildman–Crippen MR) is 114 cm³/mol. The Kier molecular flexibility index (Phi) is 7.35. The van der Waals surface area contributed by atoms with Crippen molar-refractivity contribution in [2.45, 2.75) is 63.8 Å². The number of benzene rings is 1. The first-order valence-electron chi connectivity index (χ1n) is 11.0. The number of hydrogen-bond donors (Lipinski definition) is 2. The van der Waals surface area contributed by atoms with E-state index in [2.05, 4.69) is 26.1 Å². The van der Waals surface area contributed by atoms with Crippen LogP contribution in [0, 0.1) is 5.92 Å². The minimum absolute atomic E-state index is 0.0613. The molecule has 29 heavy (non-hydrogen) atoms. The van der Waals surface area contributed by atoms with Gasteiger partial charge in [0.2, 0.25) is 10.0 Å². The Labute approximate surface area is 175 Å². The summed E-state index contributed by atoms with van der Waals surface area (Å²) in [5, 5.41) is 3.08. The number of carbonyl (C=O) groups is 1. The Morgan fingerprint density at radius 3 is 2.48 bits per heavy atom. The Morgan fingerprint density at radius 1 is 1.10 bits per heavy atom. The molecule has 1 aliphatic heterocycles. The second kappa shape index (κ2) is 9.58. The van der Waals surface area contributed by atoms with Gasteiger partial charge >= 0.3 is 0 Å². The average Bonchev–Trinajstić information content (AvgIpc) is 3.14. The number of quaternary nitrogens is 1. The number of rotatable bonds is 8. The van der Waals surface area contributed by atoms with E-state index in [9.17, 15) is 13.2 Å². The maximum atomic E-state index is 13.0. The van der Waals surface area contributed by atoms with Gasteiger partial charge in [0, 0.05) is 6.04 Å². The van der Waals surface area contributed by atoms with Gasteiger partial charge in [0.25, 0.3) is 5.91 Å². The molecule has 1 atom stereocenters. The molecule has 162 valence electrons. The van der Waals surface area contributed by atoms with Crippen LogP contribution in [0.25, 0.3) is 0 Å². The van der Waals surface area contributed by atoms with Crippen molar-refractivity contribution in [1.29, 1.82) is 0 Å². The first-order chi connectivity index (χ1) is 13.8. The molecule has 0 spiro atoms. The van der Waals surface area contributed by atoms with Crippen molar-refractivity contribution in [3.05, 3.63) is 29.3 Å². The second-order valence-corrected chi connectivity index (χ2v) is 11.0. The number of nitrogens with one attached hydrogen (secondary N) is 2. The third-order valence-corrected chi connectivity index (χ3v) is 8.03. The maximum Gasteiger partial charge on any atom is 0.275 e. The van der Waals surface area contributed by atoms with Gasteiger partial charge in [-0.1, -0.05) is 19.9 Å². The minimum Gasteiger partial charge on any atom is -0.349 e. The van der Waals surface area contributed by atoms with Crippen LogP contribution in [-0.4, -0.2) is 57.4 Å². The lowest BCUT2D eigenvalue weighted by molar-refractivity contribution is -0.895. The maximum absolute atomic E-state index is 13.0. The molecule has 0 unspecified atom stereocenters. The summed E-state index contributed by atoms with van der Waals surface area (Å²) in [5.41, 5.74) is 2.46. The molecule has 0 saturated carbocycles. The third kappa shape index (κ3) is 5.80. The van der Waals surface area contributed by atoms with E-state index in [1.165, 1.54) is 11.1 Å². The van der Waals surface area contributed by atoms with Crippen molar-refractivity contribution in [3.8, 4) is 0 Å². The number of nitrogens with zero attached hydrogens (tertiary/aromatic N) is 1. The zero-order chi connectivity index (χ0) is 21.0. The summed E-state index contributed by atoms with van der Waals surface area (Å²) in [6.45, 7) is 9.10. The topological polar surface area (TPSA) is 70.9 Å². The first-order valence-corrected chi connectivity index (χ1v) is 12.4. The van der Waals surface area contributed by atoms with E-state index < -0.39 is 10.0 Å². The zero-order valence-electron chi connectivity index (χ0n) is 18.0. The van der Waals surface area contributed by atoms with Crippen LogP contribution in [0.4, 0.5) is 0 Å². The van der Waals surface area contributed by atoms with E-state index in [1.807, 2.05) is 12.1 Å². The molecule has 1 amide bonds. The van der Waals surface area contributed by atoms with Crippen molar-refractivity contribution < 1.29 is 18.1 Å². The largest absolute Gasteiger partial charge is 0.349 e. The highest BCUT2D eigenvalue weighted by Crippen LogP contribution is 2.26. The molecular formula is C22H36N3O3S+. The van der Waals surface area contributed by atoms with E-state index in [4.69, 9.17) is 0 Å². The first kappa shape index (κ1) is 22.2. The van der Waals surface area contributed by atoms with Gasteiger partial charge < -0.3 is 10.2 Å². The van der Waals surface area contributed by atoms with Gasteiger partial charge in [-0.15, -0.1) is 0 Å². The average molecular weight is 423 g/mol. The lowest BCUT2D eigenvalue weighted by Crippen LogP contribution is -3.15. The molecule has 0 aromatic heterocycles. The Bertz CT molecular complexity index is 815. The summed E-state index contributed by atoms with van der Waals surface area (Å²) in [6.07, 6.45) is 5.23. The number of amides is 1. The molecule has 7 heteroatoms. The van der Waals surface area contributed by atoms with Crippen LogP contribution in [0.3, 0.4) is 0 Å². The van der Waals surface area contributed by atoms with Crippen molar-refractivity contribution in [2.24, 2.45) is 5.92 Å². The van der Waals surface area contributed by atoms with Crippen LogP contribution < -0.4 is 10.2 Å². The van der Waals surface area contributed by atoms with E-state index in [-0.39, 0.29) is 11.9 Å². The van der Waals surface area contributed by atoms with E-state index in [1.54, 1.807) is 10.4 Å². The van der Waals surface area contributed by atoms with Gasteiger partial charge in [0.1, 0.15) is 0 Å². The van der Waals surface area contributed by atoms with Crippen LogP contribution in [0.15, 0.2) is 23.1 Å². The van der Waals surface area contributed by atoms with Crippen LogP contribution in [0.2, 0.25) is 0 Å². The molecule has 1 aromatic carbocycles. The van der Waals surface area contributed by atoms with Crippen LogP contribution in [0.5, 0.6) is 0 Å². The molecule has 0 bridgehead atoms. The van der Waals surface area contributed by atoms with Crippen LogP contribution in [-0.2, 0) is 27.7 Å². The second-order valence-electron chi connectivity index (χ2n) is 9.05. The fourth-order valence-corrected chi connectivity index (χ4v) is 5.78. The highest BCUT2D eigenvalue weighted by molar-refractivity contribution is 7.89. The number of sulfonamides is 1. The molecule has 6 nitrogen and oxygen atoms in total. The van der Waals surface area contributed by atoms with Crippen molar-refractivity contribution in [2.75, 3.05) is 32.7 Å². The fraction of sp³-hybridized carbons (Fsp3) is 0.682. The van der Waals surface area contributed by atoms with Gasteiger partial charge in [-0.2, -0.15) is 4.31 Å². The normalized spacial score (nSPS) is 19.3.